The van der Waals surface area contributed by atoms with Crippen LogP contribution >= 0.6 is 0 Å². The number of rotatable bonds is 5. The van der Waals surface area contributed by atoms with Gasteiger partial charge in [0, 0.05) is 0 Å². The summed E-state index contributed by atoms with van der Waals surface area (Å²) in [5.41, 5.74) is -18.4. The van der Waals surface area contributed by atoms with Crippen LogP contribution in [0.2, 0.25) is 0 Å². The molecular weight excluding hydrogens is 499 g/mol. The Bertz CT molecular complexity index is 713. The highest BCUT2D eigenvalue weighted by Crippen LogP contribution is 2.67. The molecule has 0 aliphatic rings. The fourth-order valence-corrected chi connectivity index (χ4v) is 2.14. The maximum Gasteiger partial charge on any atom is 0.435 e. The predicted molar refractivity (Wildman–Crippen MR) is 50.4 cm³/mol. The van der Waals surface area contributed by atoms with E-state index in [-0.39, 0.29) is 0 Å². The topological polar surface area (TPSA) is 57.2 Å². The second-order valence-corrected chi connectivity index (χ2v) is 6.35. The lowest BCUT2D eigenvalue weighted by atomic mass is 9.76. The van der Waals surface area contributed by atoms with Gasteiger partial charge in [0.05, 0.1) is 0 Å². The monoisotopic (exact) mass is 499 g/mol. The number of alkyl halides is 17. The van der Waals surface area contributed by atoms with E-state index >= 15 is 0 Å². The lowest BCUT2D eigenvalue weighted by Gasteiger charge is -2.47. The van der Waals surface area contributed by atoms with Crippen LogP contribution in [0.4, 0.5) is 74.6 Å². The van der Waals surface area contributed by atoms with Gasteiger partial charge in [-0.3, -0.25) is 0 Å². The number of halogens is 17. The van der Waals surface area contributed by atoms with Gasteiger partial charge in [0.25, 0.3) is 0 Å². The zero-order chi connectivity index (χ0) is 24.5. The fourth-order valence-electron chi connectivity index (χ4n) is 1.70. The summed E-state index contributed by atoms with van der Waals surface area (Å²) in [5, 5.41) is -8.15. The summed E-state index contributed by atoms with van der Waals surface area (Å²) in [6.07, 6.45) is -25.7. The van der Waals surface area contributed by atoms with Crippen molar-refractivity contribution in [1.82, 2.24) is 0 Å². The Morgan fingerprint density at radius 3 is 0.862 bits per heavy atom. The van der Waals surface area contributed by atoms with E-state index in [1.54, 1.807) is 0 Å². The minimum atomic E-state index is -9.32. The molecule has 0 aliphatic heterocycles. The van der Waals surface area contributed by atoms with E-state index in [0.29, 0.717) is 0 Å². The van der Waals surface area contributed by atoms with E-state index in [9.17, 15) is 87.6 Å². The molecule has 0 fully saturated rings. The summed E-state index contributed by atoms with van der Waals surface area (Å²) >= 11 is 0. The summed E-state index contributed by atoms with van der Waals surface area (Å²) < 4.78 is 246. The predicted octanol–water partition coefficient (Wildman–Crippen LogP) is 4.50. The molecule has 0 saturated heterocycles. The first-order chi connectivity index (χ1) is 12.0. The van der Waals surface area contributed by atoms with E-state index in [4.69, 9.17) is 0 Å². The molecule has 0 N–H and O–H groups in total. The lowest BCUT2D eigenvalue weighted by molar-refractivity contribution is -0.469. The van der Waals surface area contributed by atoms with Crippen LogP contribution in [0.1, 0.15) is 0 Å². The average molecular weight is 499 g/mol. The van der Waals surface area contributed by atoms with Crippen molar-refractivity contribution < 1.29 is 87.6 Å². The summed E-state index contributed by atoms with van der Waals surface area (Å²) in [5.74, 6) is -18.0. The summed E-state index contributed by atoms with van der Waals surface area (Å²) in [6, 6.07) is 0. The SMILES string of the molecule is O=S(=O)([O-])C(F)(F)C(F)(F)C(F)(F)C(F)(C(F)(F)F)C(F)(C(F)(F)F)C(F)(F)F. The largest absolute Gasteiger partial charge is 0.743 e. The summed E-state index contributed by atoms with van der Waals surface area (Å²) in [6.45, 7) is 0. The molecule has 0 spiro atoms. The first kappa shape index (κ1) is 27.7. The van der Waals surface area contributed by atoms with Crippen LogP contribution in [0.3, 0.4) is 0 Å². The van der Waals surface area contributed by atoms with Gasteiger partial charge in [-0.05, 0) is 0 Å². The van der Waals surface area contributed by atoms with Crippen LogP contribution in [0.25, 0.3) is 0 Å². The molecule has 3 nitrogen and oxygen atoms in total. The third-order valence-corrected chi connectivity index (χ3v) is 4.04. The van der Waals surface area contributed by atoms with E-state index < -0.39 is 57.1 Å². The normalized spacial score (nSPS) is 18.6. The standard InChI is InChI=1S/C8HF17O3S/c9-1(5(15,16)17,2(10,6(18,19)20)7(21,22)23)3(11,12)4(13,14)8(24,25)29(26,27)28/h(H,26,27,28)/p-1. The van der Waals surface area contributed by atoms with E-state index in [1.165, 1.54) is 0 Å². The second-order valence-electron chi connectivity index (χ2n) is 4.93. The molecule has 0 aromatic carbocycles. The minimum absolute atomic E-state index is 8.15. The highest BCUT2D eigenvalue weighted by Gasteiger charge is 3.00. The Hall–Kier alpha value is -1.28. The quantitative estimate of drug-likeness (QED) is 0.414. The molecule has 1 unspecified atom stereocenters. The lowest BCUT2D eigenvalue weighted by Crippen LogP contribution is -2.81. The first-order valence-corrected chi connectivity index (χ1v) is 7.08. The van der Waals surface area contributed by atoms with Crippen LogP contribution in [0.15, 0.2) is 0 Å². The van der Waals surface area contributed by atoms with Gasteiger partial charge in [0.1, 0.15) is 0 Å². The van der Waals surface area contributed by atoms with Crippen LogP contribution < -0.4 is 0 Å². The molecule has 0 heterocycles. The number of hydrogen-bond donors (Lipinski definition) is 0. The Kier molecular flexibility index (Phi) is 6.08. The second kappa shape index (κ2) is 6.36. The first-order valence-electron chi connectivity index (χ1n) is 5.67. The van der Waals surface area contributed by atoms with Gasteiger partial charge in [0.2, 0.25) is 0 Å². The molecule has 1 atom stereocenters. The van der Waals surface area contributed by atoms with E-state index in [2.05, 4.69) is 0 Å². The molecule has 0 aromatic rings. The van der Waals surface area contributed by atoms with Gasteiger partial charge in [0.15, 0.2) is 10.1 Å². The molecule has 0 radical (unpaired) electrons. The third-order valence-electron chi connectivity index (χ3n) is 3.15. The zero-order valence-corrected chi connectivity index (χ0v) is 12.9. The van der Waals surface area contributed by atoms with Crippen LogP contribution in [0, 0.1) is 0 Å². The van der Waals surface area contributed by atoms with E-state index in [1.807, 2.05) is 0 Å². The van der Waals surface area contributed by atoms with Crippen LogP contribution in [-0.2, 0) is 10.1 Å². The van der Waals surface area contributed by atoms with Gasteiger partial charge in [-0.25, -0.2) is 17.2 Å². The van der Waals surface area contributed by atoms with Crippen molar-refractivity contribution in [2.24, 2.45) is 0 Å². The maximum atomic E-state index is 13.7. The average Bonchev–Trinajstić information content (AvgIpc) is 2.39. The fraction of sp³-hybridized carbons (Fsp3) is 1.00. The number of hydrogen-bond acceptors (Lipinski definition) is 3. The summed E-state index contributed by atoms with van der Waals surface area (Å²) in [4.78, 5) is 0. The van der Waals surface area contributed by atoms with Gasteiger partial charge in [-0.1, -0.05) is 0 Å². The Balaban J connectivity index is 7.65. The van der Waals surface area contributed by atoms with Gasteiger partial charge >= 0.3 is 47.0 Å². The zero-order valence-electron chi connectivity index (χ0n) is 12.1. The molecule has 176 valence electrons. The van der Waals surface area contributed by atoms with Gasteiger partial charge in [-0.15, -0.1) is 0 Å². The van der Waals surface area contributed by atoms with Crippen LogP contribution in [0.5, 0.6) is 0 Å². The van der Waals surface area contributed by atoms with Crippen molar-refractivity contribution >= 4 is 10.1 Å². The van der Waals surface area contributed by atoms with Crippen molar-refractivity contribution in [3.05, 3.63) is 0 Å². The van der Waals surface area contributed by atoms with Crippen molar-refractivity contribution in [1.29, 1.82) is 0 Å². The Morgan fingerprint density at radius 2 is 0.690 bits per heavy atom. The Labute approximate surface area is 146 Å². The van der Waals surface area contributed by atoms with Crippen molar-refractivity contribution in [2.75, 3.05) is 0 Å². The molecule has 0 aliphatic carbocycles. The maximum absolute atomic E-state index is 13.7. The molecule has 29 heavy (non-hydrogen) atoms. The molecule has 0 saturated carbocycles. The van der Waals surface area contributed by atoms with Gasteiger partial charge in [-0.2, -0.15) is 65.9 Å². The van der Waals surface area contributed by atoms with Crippen LogP contribution in [-0.4, -0.2) is 59.9 Å². The Morgan fingerprint density at radius 1 is 0.448 bits per heavy atom. The molecule has 0 amide bonds. The van der Waals surface area contributed by atoms with E-state index in [0.717, 1.165) is 0 Å². The molecule has 0 rings (SSSR count). The highest BCUT2D eigenvalue weighted by molar-refractivity contribution is 7.86. The highest BCUT2D eigenvalue weighted by atomic mass is 32.2. The van der Waals surface area contributed by atoms with Gasteiger partial charge < -0.3 is 4.55 Å². The molecule has 21 heteroatoms. The minimum Gasteiger partial charge on any atom is -0.743 e. The van der Waals surface area contributed by atoms with Crippen molar-refractivity contribution in [3.63, 3.8) is 0 Å². The molecule has 0 bridgehead atoms. The molecular formula is C8F17O3S-. The molecule has 0 aromatic heterocycles. The summed E-state index contributed by atoms with van der Waals surface area (Å²) in [7, 11) is -8.30. The third kappa shape index (κ3) is 3.26. The smallest absolute Gasteiger partial charge is 0.435 e. The van der Waals surface area contributed by atoms with Crippen molar-refractivity contribution in [3.8, 4) is 0 Å². The van der Waals surface area contributed by atoms with Crippen molar-refractivity contribution in [2.45, 2.75) is 47.0 Å².